The third kappa shape index (κ3) is 3.68. The van der Waals surface area contributed by atoms with Gasteiger partial charge in [0.1, 0.15) is 0 Å². The van der Waals surface area contributed by atoms with E-state index in [4.69, 9.17) is 5.73 Å². The Morgan fingerprint density at radius 3 is 2.69 bits per heavy atom. The summed E-state index contributed by atoms with van der Waals surface area (Å²) in [5.74, 6) is 1.14. The summed E-state index contributed by atoms with van der Waals surface area (Å²) in [6, 6.07) is 6.43. The molecular formula is C12H19BrN2S. The Hall–Kier alpha value is -0.190. The predicted octanol–water partition coefficient (Wildman–Crippen LogP) is 3.27. The molecule has 0 aliphatic rings. The number of halogens is 1. The van der Waals surface area contributed by atoms with Crippen molar-refractivity contribution in [1.82, 2.24) is 0 Å². The van der Waals surface area contributed by atoms with Gasteiger partial charge < -0.3 is 10.6 Å². The molecule has 1 aromatic rings. The highest BCUT2D eigenvalue weighted by Crippen LogP contribution is 2.26. The van der Waals surface area contributed by atoms with Gasteiger partial charge in [-0.2, -0.15) is 11.8 Å². The van der Waals surface area contributed by atoms with E-state index in [1.807, 2.05) is 18.7 Å². The Labute approximate surface area is 111 Å². The molecule has 0 aromatic heterocycles. The van der Waals surface area contributed by atoms with Gasteiger partial charge in [-0.1, -0.05) is 22.0 Å². The van der Waals surface area contributed by atoms with Crippen molar-refractivity contribution in [2.75, 3.05) is 30.5 Å². The van der Waals surface area contributed by atoms with Crippen molar-refractivity contribution in [3.63, 3.8) is 0 Å². The van der Waals surface area contributed by atoms with Crippen LogP contribution in [0.5, 0.6) is 0 Å². The van der Waals surface area contributed by atoms with Crippen LogP contribution >= 0.6 is 27.7 Å². The van der Waals surface area contributed by atoms with Gasteiger partial charge in [0.25, 0.3) is 0 Å². The minimum absolute atomic E-state index is 0.0694. The van der Waals surface area contributed by atoms with Crippen molar-refractivity contribution in [2.45, 2.75) is 13.0 Å². The molecule has 1 atom stereocenters. The number of hydrogen-bond donors (Lipinski definition) is 1. The number of hydrogen-bond acceptors (Lipinski definition) is 3. The van der Waals surface area contributed by atoms with E-state index in [2.05, 4.69) is 52.3 Å². The highest BCUT2D eigenvalue weighted by atomic mass is 79.9. The molecule has 2 N–H and O–H groups in total. The van der Waals surface area contributed by atoms with E-state index in [9.17, 15) is 0 Å². The van der Waals surface area contributed by atoms with Crippen LogP contribution in [-0.2, 0) is 0 Å². The van der Waals surface area contributed by atoms with Crippen LogP contribution in [-0.4, -0.2) is 25.6 Å². The molecule has 0 radical (unpaired) electrons. The lowest BCUT2D eigenvalue weighted by Gasteiger charge is -2.20. The van der Waals surface area contributed by atoms with Crippen molar-refractivity contribution in [3.05, 3.63) is 28.2 Å². The van der Waals surface area contributed by atoms with E-state index in [-0.39, 0.29) is 6.04 Å². The summed E-state index contributed by atoms with van der Waals surface area (Å²) in [6.07, 6.45) is 2.13. The van der Waals surface area contributed by atoms with Gasteiger partial charge in [-0.25, -0.2) is 0 Å². The maximum absolute atomic E-state index is 5.87. The number of thioether (sulfide) groups is 1. The van der Waals surface area contributed by atoms with E-state index in [1.165, 1.54) is 5.69 Å². The van der Waals surface area contributed by atoms with Crippen LogP contribution in [0.15, 0.2) is 22.7 Å². The van der Waals surface area contributed by atoms with Gasteiger partial charge in [0.2, 0.25) is 0 Å². The maximum atomic E-state index is 5.87. The molecule has 0 saturated heterocycles. The fourth-order valence-corrected chi connectivity index (χ4v) is 2.66. The Bertz CT molecular complexity index is 342. The zero-order chi connectivity index (χ0) is 12.1. The van der Waals surface area contributed by atoms with Gasteiger partial charge >= 0.3 is 0 Å². The number of nitrogens with two attached hydrogens (primary N) is 1. The van der Waals surface area contributed by atoms with Gasteiger partial charge in [0, 0.05) is 35.5 Å². The molecule has 90 valence electrons. The summed E-state index contributed by atoms with van der Waals surface area (Å²) < 4.78 is 1.09. The Morgan fingerprint density at radius 1 is 1.50 bits per heavy atom. The average Bonchev–Trinajstić information content (AvgIpc) is 2.25. The highest BCUT2D eigenvalue weighted by Gasteiger charge is 2.07. The first-order valence-corrected chi connectivity index (χ1v) is 7.50. The summed E-state index contributed by atoms with van der Waals surface area (Å²) >= 11 is 5.44. The molecule has 4 heteroatoms. The smallest absolute Gasteiger partial charge is 0.0375 e. The van der Waals surface area contributed by atoms with E-state index < -0.39 is 0 Å². The molecule has 16 heavy (non-hydrogen) atoms. The van der Waals surface area contributed by atoms with Crippen molar-refractivity contribution < 1.29 is 0 Å². The molecule has 1 rings (SSSR count). The van der Waals surface area contributed by atoms with Crippen LogP contribution in [0.25, 0.3) is 0 Å². The van der Waals surface area contributed by atoms with Gasteiger partial charge in [0.15, 0.2) is 0 Å². The highest BCUT2D eigenvalue weighted by molar-refractivity contribution is 9.10. The Morgan fingerprint density at radius 2 is 2.19 bits per heavy atom. The molecular weight excluding hydrogens is 284 g/mol. The largest absolute Gasteiger partial charge is 0.374 e. The molecule has 0 bridgehead atoms. The second-order valence-corrected chi connectivity index (χ2v) is 5.75. The Kier molecular flexibility index (Phi) is 5.66. The molecule has 0 aliphatic carbocycles. The molecule has 0 heterocycles. The number of rotatable bonds is 5. The lowest BCUT2D eigenvalue weighted by Crippen LogP contribution is -2.20. The van der Waals surface area contributed by atoms with Crippen molar-refractivity contribution in [1.29, 1.82) is 0 Å². The third-order valence-electron chi connectivity index (χ3n) is 2.55. The lowest BCUT2D eigenvalue weighted by atomic mass is 10.1. The number of benzene rings is 1. The van der Waals surface area contributed by atoms with E-state index in [0.29, 0.717) is 0 Å². The maximum Gasteiger partial charge on any atom is 0.0375 e. The number of anilines is 1. The topological polar surface area (TPSA) is 29.3 Å². The summed E-state index contributed by atoms with van der Waals surface area (Å²) in [6.45, 7) is 3.06. The molecule has 0 fully saturated rings. The van der Waals surface area contributed by atoms with Crippen LogP contribution in [0.3, 0.4) is 0 Å². The minimum atomic E-state index is 0.0694. The van der Waals surface area contributed by atoms with Crippen molar-refractivity contribution in [3.8, 4) is 0 Å². The normalized spacial score (nSPS) is 12.6. The third-order valence-corrected chi connectivity index (χ3v) is 3.82. The molecule has 0 amide bonds. The Balaban J connectivity index is 2.80. The van der Waals surface area contributed by atoms with Gasteiger partial charge in [0.05, 0.1) is 0 Å². The molecule has 0 aliphatic heterocycles. The van der Waals surface area contributed by atoms with Crippen LogP contribution in [0.1, 0.15) is 18.5 Å². The molecule has 2 nitrogen and oxygen atoms in total. The molecule has 0 saturated carbocycles. The second-order valence-electron chi connectivity index (χ2n) is 3.91. The minimum Gasteiger partial charge on any atom is -0.374 e. The summed E-state index contributed by atoms with van der Waals surface area (Å²) in [4.78, 5) is 2.26. The zero-order valence-corrected chi connectivity index (χ0v) is 12.4. The van der Waals surface area contributed by atoms with Crippen LogP contribution in [0, 0.1) is 0 Å². The fraction of sp³-hybridized carbons (Fsp3) is 0.500. The van der Waals surface area contributed by atoms with Crippen LogP contribution < -0.4 is 10.6 Å². The first-order chi connectivity index (χ1) is 7.56. The van der Waals surface area contributed by atoms with Crippen molar-refractivity contribution in [2.24, 2.45) is 5.73 Å². The average molecular weight is 303 g/mol. The van der Waals surface area contributed by atoms with Gasteiger partial charge in [-0.3, -0.25) is 0 Å². The molecule has 1 aromatic carbocycles. The van der Waals surface area contributed by atoms with E-state index >= 15 is 0 Å². The first kappa shape index (κ1) is 13.9. The van der Waals surface area contributed by atoms with E-state index in [0.717, 1.165) is 22.3 Å². The SMILES string of the molecule is CSCCN(C)c1ccc([C@H](C)N)c(Br)c1. The standard InChI is InChI=1S/C12H19BrN2S/c1-9(14)11-5-4-10(8-12(11)13)15(2)6-7-16-3/h4-5,8-9H,6-7,14H2,1-3H3/t9-/m0/s1. The molecule has 0 spiro atoms. The second kappa shape index (κ2) is 6.52. The fourth-order valence-electron chi connectivity index (χ4n) is 1.48. The van der Waals surface area contributed by atoms with Crippen molar-refractivity contribution >= 4 is 33.4 Å². The lowest BCUT2D eigenvalue weighted by molar-refractivity contribution is 0.812. The van der Waals surface area contributed by atoms with Crippen LogP contribution in [0.2, 0.25) is 0 Å². The monoisotopic (exact) mass is 302 g/mol. The van der Waals surface area contributed by atoms with Gasteiger partial charge in [-0.15, -0.1) is 0 Å². The van der Waals surface area contributed by atoms with Crippen LogP contribution in [0.4, 0.5) is 5.69 Å². The number of nitrogens with zero attached hydrogens (tertiary/aromatic N) is 1. The predicted molar refractivity (Wildman–Crippen MR) is 78.4 cm³/mol. The zero-order valence-electron chi connectivity index (χ0n) is 10.0. The van der Waals surface area contributed by atoms with Gasteiger partial charge in [-0.05, 0) is 30.9 Å². The molecule has 0 unspecified atom stereocenters. The summed E-state index contributed by atoms with van der Waals surface area (Å²) in [7, 11) is 2.11. The van der Waals surface area contributed by atoms with E-state index in [1.54, 1.807) is 0 Å². The quantitative estimate of drug-likeness (QED) is 0.905. The summed E-state index contributed by atoms with van der Waals surface area (Å²) in [5, 5.41) is 0. The summed E-state index contributed by atoms with van der Waals surface area (Å²) in [5.41, 5.74) is 8.26. The first-order valence-electron chi connectivity index (χ1n) is 5.31.